The first-order valence-electron chi connectivity index (χ1n) is 6.78. The van der Waals surface area contributed by atoms with E-state index in [1.54, 1.807) is 6.20 Å². The number of aromatic nitrogens is 1. The van der Waals surface area contributed by atoms with E-state index in [0.29, 0.717) is 30.2 Å². The third-order valence-electron chi connectivity index (χ3n) is 3.32. The molecule has 22 heavy (non-hydrogen) atoms. The molecule has 0 spiro atoms. The second-order valence-electron chi connectivity index (χ2n) is 5.02. The summed E-state index contributed by atoms with van der Waals surface area (Å²) >= 11 is 1.41. The van der Waals surface area contributed by atoms with E-state index in [0.717, 1.165) is 4.88 Å². The van der Waals surface area contributed by atoms with Gasteiger partial charge in [-0.15, -0.1) is 11.3 Å². The number of thiazole rings is 1. The van der Waals surface area contributed by atoms with Crippen molar-refractivity contribution >= 4 is 17.3 Å². The van der Waals surface area contributed by atoms with Gasteiger partial charge in [-0.05, 0) is 19.1 Å². The molecule has 0 aliphatic carbocycles. The van der Waals surface area contributed by atoms with Crippen LogP contribution in [0.4, 0.5) is 4.39 Å². The van der Waals surface area contributed by atoms with Crippen LogP contribution >= 0.6 is 11.3 Å². The lowest BCUT2D eigenvalue weighted by Crippen LogP contribution is -2.17. The maximum Gasteiger partial charge on any atom is 0.338 e. The van der Waals surface area contributed by atoms with E-state index in [1.807, 2.05) is 6.92 Å². The quantitative estimate of drug-likeness (QED) is 0.936. The van der Waals surface area contributed by atoms with Crippen LogP contribution in [-0.2, 0) is 4.74 Å². The number of ether oxygens (including phenoxy) is 2. The Kier molecular flexibility index (Phi) is 4.08. The van der Waals surface area contributed by atoms with E-state index in [9.17, 15) is 14.3 Å². The second-order valence-corrected chi connectivity index (χ2v) is 6.26. The Balaban J connectivity index is 2.03. The summed E-state index contributed by atoms with van der Waals surface area (Å²) in [4.78, 5) is 16.5. The molecule has 1 fully saturated rings. The predicted octanol–water partition coefficient (Wildman–Crippen LogP) is 3.12. The fraction of sp³-hybridized carbons (Fsp3) is 0.333. The first kappa shape index (κ1) is 14.9. The number of nitrogens with zero attached hydrogens (tertiary/aromatic N) is 1. The molecule has 2 aromatic rings. The van der Waals surface area contributed by atoms with Crippen LogP contribution in [0.3, 0.4) is 0 Å². The summed E-state index contributed by atoms with van der Waals surface area (Å²) in [5.74, 6) is -2.27. The van der Waals surface area contributed by atoms with Crippen LogP contribution in [-0.4, -0.2) is 35.4 Å². The Morgan fingerprint density at radius 3 is 2.95 bits per heavy atom. The third kappa shape index (κ3) is 2.95. The van der Waals surface area contributed by atoms with Crippen LogP contribution in [0.25, 0.3) is 10.6 Å². The molecular weight excluding hydrogens is 309 g/mol. The van der Waals surface area contributed by atoms with Gasteiger partial charge in [0.15, 0.2) is 11.6 Å². The molecule has 0 unspecified atom stereocenters. The van der Waals surface area contributed by atoms with E-state index >= 15 is 0 Å². The van der Waals surface area contributed by atoms with Crippen LogP contribution < -0.4 is 4.74 Å². The molecule has 5 nitrogen and oxygen atoms in total. The summed E-state index contributed by atoms with van der Waals surface area (Å²) in [5.41, 5.74) is 0.116. The minimum absolute atomic E-state index is 0.0711. The minimum atomic E-state index is -1.33. The lowest BCUT2D eigenvalue weighted by Gasteiger charge is -2.14. The monoisotopic (exact) mass is 323 g/mol. The lowest BCUT2D eigenvalue weighted by molar-refractivity contribution is 0.0689. The normalized spacial score (nSPS) is 17.6. The maximum atomic E-state index is 14.3. The molecule has 116 valence electrons. The summed E-state index contributed by atoms with van der Waals surface area (Å²) in [6.45, 7) is 2.84. The molecule has 2 heterocycles. The van der Waals surface area contributed by atoms with Gasteiger partial charge in [0, 0.05) is 23.1 Å². The van der Waals surface area contributed by atoms with Gasteiger partial charge in [0.25, 0.3) is 0 Å². The SMILES string of the molecule is Cc1cnc(-c2cc(O[C@@H]3CCOC3)c(F)c(C(=O)O)c2)s1. The van der Waals surface area contributed by atoms with Crippen LogP contribution in [0.2, 0.25) is 0 Å². The first-order valence-corrected chi connectivity index (χ1v) is 7.60. The maximum absolute atomic E-state index is 14.3. The van der Waals surface area contributed by atoms with Crippen molar-refractivity contribution in [1.82, 2.24) is 4.98 Å². The molecule has 1 atom stereocenters. The largest absolute Gasteiger partial charge is 0.485 e. The number of aryl methyl sites for hydroxylation is 1. The molecule has 1 aromatic carbocycles. The summed E-state index contributed by atoms with van der Waals surface area (Å²) in [7, 11) is 0. The van der Waals surface area contributed by atoms with Crippen molar-refractivity contribution in [1.29, 1.82) is 0 Å². The van der Waals surface area contributed by atoms with E-state index in [-0.39, 0.29) is 11.9 Å². The van der Waals surface area contributed by atoms with Crippen molar-refractivity contribution in [3.63, 3.8) is 0 Å². The Morgan fingerprint density at radius 1 is 1.55 bits per heavy atom. The average Bonchev–Trinajstić information content (AvgIpc) is 3.12. The topological polar surface area (TPSA) is 68.7 Å². The van der Waals surface area contributed by atoms with Crippen molar-refractivity contribution < 1.29 is 23.8 Å². The van der Waals surface area contributed by atoms with Gasteiger partial charge >= 0.3 is 5.97 Å². The van der Waals surface area contributed by atoms with Crippen molar-refractivity contribution in [3.05, 3.63) is 34.6 Å². The van der Waals surface area contributed by atoms with Gasteiger partial charge in [-0.3, -0.25) is 0 Å². The van der Waals surface area contributed by atoms with Crippen LogP contribution in [0.1, 0.15) is 21.7 Å². The fourth-order valence-corrected chi connectivity index (χ4v) is 2.99. The number of benzene rings is 1. The molecule has 1 aromatic heterocycles. The Bertz CT molecular complexity index is 710. The number of aromatic carboxylic acids is 1. The molecular formula is C15H14FNO4S. The second kappa shape index (κ2) is 6.02. The summed E-state index contributed by atoms with van der Waals surface area (Å²) in [5, 5.41) is 9.82. The zero-order valence-electron chi connectivity index (χ0n) is 11.8. The molecule has 1 aliphatic rings. The smallest absolute Gasteiger partial charge is 0.338 e. The molecule has 1 N–H and O–H groups in total. The highest BCUT2D eigenvalue weighted by Gasteiger charge is 2.23. The minimum Gasteiger partial charge on any atom is -0.485 e. The Labute approximate surface area is 130 Å². The molecule has 3 rings (SSSR count). The van der Waals surface area contributed by atoms with Gasteiger partial charge in [-0.2, -0.15) is 0 Å². The van der Waals surface area contributed by atoms with Crippen molar-refractivity contribution in [2.24, 2.45) is 0 Å². The van der Waals surface area contributed by atoms with Gasteiger partial charge in [-0.25, -0.2) is 14.2 Å². The number of halogens is 1. The first-order chi connectivity index (χ1) is 10.5. The number of hydrogen-bond acceptors (Lipinski definition) is 5. The van der Waals surface area contributed by atoms with E-state index in [4.69, 9.17) is 9.47 Å². The standard InChI is InChI=1S/C15H14FNO4S/c1-8-6-17-14(22-8)9-4-11(15(18)19)13(16)12(5-9)21-10-2-3-20-7-10/h4-6,10H,2-3,7H2,1H3,(H,18,19)/t10-/m1/s1. The zero-order valence-corrected chi connectivity index (χ0v) is 12.7. The lowest BCUT2D eigenvalue weighted by atomic mass is 10.1. The van der Waals surface area contributed by atoms with Gasteiger partial charge in [0.2, 0.25) is 0 Å². The number of hydrogen-bond donors (Lipinski definition) is 1. The summed E-state index contributed by atoms with van der Waals surface area (Å²) in [6, 6.07) is 2.78. The van der Waals surface area contributed by atoms with Crippen LogP contribution in [0.15, 0.2) is 18.3 Å². The Hall–Kier alpha value is -1.99. The highest BCUT2D eigenvalue weighted by atomic mass is 32.1. The number of rotatable bonds is 4. The molecule has 0 radical (unpaired) electrons. The van der Waals surface area contributed by atoms with Crippen molar-refractivity contribution in [3.8, 4) is 16.3 Å². The number of carboxylic acid groups (broad SMARTS) is 1. The van der Waals surface area contributed by atoms with Crippen LogP contribution in [0, 0.1) is 12.7 Å². The zero-order chi connectivity index (χ0) is 15.7. The van der Waals surface area contributed by atoms with Crippen molar-refractivity contribution in [2.75, 3.05) is 13.2 Å². The fourth-order valence-electron chi connectivity index (χ4n) is 2.24. The average molecular weight is 323 g/mol. The predicted molar refractivity (Wildman–Crippen MR) is 79.1 cm³/mol. The van der Waals surface area contributed by atoms with Crippen LogP contribution in [0.5, 0.6) is 5.75 Å². The van der Waals surface area contributed by atoms with Gasteiger partial charge < -0.3 is 14.6 Å². The number of carboxylic acids is 1. The Morgan fingerprint density at radius 2 is 2.36 bits per heavy atom. The molecule has 1 aliphatic heterocycles. The molecule has 1 saturated heterocycles. The third-order valence-corrected chi connectivity index (χ3v) is 4.28. The van der Waals surface area contributed by atoms with Gasteiger partial charge in [-0.1, -0.05) is 0 Å². The highest BCUT2D eigenvalue weighted by Crippen LogP contribution is 2.33. The highest BCUT2D eigenvalue weighted by molar-refractivity contribution is 7.14. The molecule has 0 saturated carbocycles. The number of carbonyl (C=O) groups is 1. The van der Waals surface area contributed by atoms with E-state index < -0.39 is 17.3 Å². The molecule has 7 heteroatoms. The van der Waals surface area contributed by atoms with Crippen molar-refractivity contribution in [2.45, 2.75) is 19.4 Å². The van der Waals surface area contributed by atoms with E-state index in [1.165, 1.54) is 23.5 Å². The summed E-state index contributed by atoms with van der Waals surface area (Å²) < 4.78 is 25.1. The molecule has 0 bridgehead atoms. The molecule has 0 amide bonds. The van der Waals surface area contributed by atoms with E-state index in [2.05, 4.69) is 4.98 Å². The van der Waals surface area contributed by atoms with Gasteiger partial charge in [0.1, 0.15) is 11.1 Å². The van der Waals surface area contributed by atoms with Gasteiger partial charge in [0.05, 0.1) is 18.8 Å². The summed E-state index contributed by atoms with van der Waals surface area (Å²) in [6.07, 6.45) is 2.09.